The summed E-state index contributed by atoms with van der Waals surface area (Å²) in [5.41, 5.74) is 7.03. The van der Waals surface area contributed by atoms with Crippen molar-refractivity contribution >= 4 is 27.2 Å². The number of nitrogens with two attached hydrogens (primary N) is 1. The van der Waals surface area contributed by atoms with Crippen LogP contribution in [0.15, 0.2) is 28.5 Å². The molecular formula is C12H15N3O2S2. The average Bonchev–Trinajstić information content (AvgIpc) is 2.70. The van der Waals surface area contributed by atoms with Crippen LogP contribution in [0.4, 0.5) is 5.82 Å². The van der Waals surface area contributed by atoms with Crippen molar-refractivity contribution in [2.45, 2.75) is 25.3 Å². The maximum absolute atomic E-state index is 12.4. The molecular weight excluding hydrogens is 282 g/mol. The van der Waals surface area contributed by atoms with E-state index < -0.39 is 10.0 Å². The van der Waals surface area contributed by atoms with E-state index in [1.165, 1.54) is 11.3 Å². The van der Waals surface area contributed by atoms with Crippen LogP contribution in [0.1, 0.15) is 16.1 Å². The van der Waals surface area contributed by atoms with Crippen LogP contribution >= 0.6 is 11.3 Å². The quantitative estimate of drug-likeness (QED) is 0.904. The molecule has 0 unspecified atom stereocenters. The summed E-state index contributed by atoms with van der Waals surface area (Å²) in [6.07, 6.45) is 0. The number of pyridine rings is 1. The molecule has 0 aliphatic heterocycles. The monoisotopic (exact) mass is 297 g/mol. The van der Waals surface area contributed by atoms with Gasteiger partial charge in [0.05, 0.1) is 0 Å². The van der Waals surface area contributed by atoms with E-state index in [4.69, 9.17) is 5.73 Å². The van der Waals surface area contributed by atoms with Crippen LogP contribution < -0.4 is 10.5 Å². The van der Waals surface area contributed by atoms with Crippen LogP contribution in [0.25, 0.3) is 0 Å². The Morgan fingerprint density at radius 3 is 2.74 bits per heavy atom. The third-order valence-corrected chi connectivity index (χ3v) is 5.41. The van der Waals surface area contributed by atoms with E-state index in [1.54, 1.807) is 37.4 Å². The second-order valence-corrected chi connectivity index (χ2v) is 6.73. The van der Waals surface area contributed by atoms with Crippen molar-refractivity contribution in [2.24, 2.45) is 5.73 Å². The molecule has 0 saturated carbocycles. The first-order chi connectivity index (χ1) is 8.94. The average molecular weight is 297 g/mol. The smallest absolute Gasteiger partial charge is 0.264 e. The van der Waals surface area contributed by atoms with Gasteiger partial charge in [0.15, 0.2) is 0 Å². The maximum atomic E-state index is 12.4. The molecule has 0 bridgehead atoms. The van der Waals surface area contributed by atoms with E-state index in [9.17, 15) is 8.42 Å². The van der Waals surface area contributed by atoms with Gasteiger partial charge in [-0.25, -0.2) is 13.4 Å². The first kappa shape index (κ1) is 14.0. The zero-order valence-corrected chi connectivity index (χ0v) is 12.3. The van der Waals surface area contributed by atoms with Crippen LogP contribution in [0.2, 0.25) is 0 Å². The Hall–Kier alpha value is -1.44. The van der Waals surface area contributed by atoms with Crippen molar-refractivity contribution in [3.8, 4) is 0 Å². The van der Waals surface area contributed by atoms with Gasteiger partial charge in [0.1, 0.15) is 10.7 Å². The highest BCUT2D eigenvalue weighted by atomic mass is 32.2. The Bertz CT molecular complexity index is 693. The number of aryl methyl sites for hydroxylation is 2. The number of hydrogen-bond acceptors (Lipinski definition) is 5. The Morgan fingerprint density at radius 1 is 1.37 bits per heavy atom. The maximum Gasteiger partial charge on any atom is 0.264 e. The Morgan fingerprint density at radius 2 is 2.11 bits per heavy atom. The first-order valence-electron chi connectivity index (χ1n) is 5.67. The Labute approximate surface area is 116 Å². The van der Waals surface area contributed by atoms with Crippen LogP contribution in [-0.2, 0) is 16.6 Å². The highest BCUT2D eigenvalue weighted by molar-refractivity contribution is 7.93. The fraction of sp³-hybridized carbons (Fsp3) is 0.250. The fourth-order valence-corrected chi connectivity index (χ4v) is 4.48. The Kier molecular flexibility index (Phi) is 3.88. The summed E-state index contributed by atoms with van der Waals surface area (Å²) in [6.45, 7) is 3.77. The van der Waals surface area contributed by atoms with Crippen molar-refractivity contribution in [3.05, 3.63) is 39.7 Å². The van der Waals surface area contributed by atoms with Gasteiger partial charge in [-0.05, 0) is 36.9 Å². The van der Waals surface area contributed by atoms with Crippen LogP contribution in [0.5, 0.6) is 0 Å². The molecule has 0 amide bonds. The Balaban J connectivity index is 2.40. The van der Waals surface area contributed by atoms with E-state index >= 15 is 0 Å². The number of nitrogens with zero attached hydrogens (tertiary/aromatic N) is 1. The molecule has 102 valence electrons. The molecule has 0 fully saturated rings. The van der Waals surface area contributed by atoms with Crippen molar-refractivity contribution in [1.82, 2.24) is 4.98 Å². The van der Waals surface area contributed by atoms with Gasteiger partial charge in [-0.2, -0.15) is 0 Å². The molecule has 0 aliphatic rings. The second-order valence-electron chi connectivity index (χ2n) is 4.14. The van der Waals surface area contributed by atoms with E-state index in [2.05, 4.69) is 9.71 Å². The lowest BCUT2D eigenvalue weighted by Crippen LogP contribution is -2.16. The van der Waals surface area contributed by atoms with Gasteiger partial charge in [-0.3, -0.25) is 4.72 Å². The summed E-state index contributed by atoms with van der Waals surface area (Å²) < 4.78 is 27.2. The number of hydrogen-bond donors (Lipinski definition) is 2. The van der Waals surface area contributed by atoms with Gasteiger partial charge < -0.3 is 5.73 Å². The molecule has 19 heavy (non-hydrogen) atoms. The zero-order valence-electron chi connectivity index (χ0n) is 10.7. The summed E-state index contributed by atoms with van der Waals surface area (Å²) in [4.78, 5) is 5.05. The van der Waals surface area contributed by atoms with Crippen LogP contribution in [0.3, 0.4) is 0 Å². The van der Waals surface area contributed by atoms with Crippen molar-refractivity contribution in [1.29, 1.82) is 0 Å². The molecule has 7 heteroatoms. The SMILES string of the molecule is Cc1cccc(NS(=O)(=O)c2c(C)csc2CN)n1. The lowest BCUT2D eigenvalue weighted by Gasteiger charge is -2.09. The summed E-state index contributed by atoms with van der Waals surface area (Å²) in [5, 5.41) is 1.79. The van der Waals surface area contributed by atoms with Gasteiger partial charge in [0.2, 0.25) is 0 Å². The summed E-state index contributed by atoms with van der Waals surface area (Å²) in [6, 6.07) is 5.18. The highest BCUT2D eigenvalue weighted by Crippen LogP contribution is 2.27. The van der Waals surface area contributed by atoms with Gasteiger partial charge in [-0.15, -0.1) is 11.3 Å². The lowest BCUT2D eigenvalue weighted by atomic mass is 10.3. The predicted molar refractivity (Wildman–Crippen MR) is 76.7 cm³/mol. The molecule has 0 atom stereocenters. The normalized spacial score (nSPS) is 11.5. The van der Waals surface area contributed by atoms with Gasteiger partial charge >= 0.3 is 0 Å². The molecule has 0 saturated heterocycles. The molecule has 0 radical (unpaired) electrons. The summed E-state index contributed by atoms with van der Waals surface area (Å²) >= 11 is 1.35. The minimum Gasteiger partial charge on any atom is -0.326 e. The molecule has 0 aliphatic carbocycles. The summed E-state index contributed by atoms with van der Waals surface area (Å²) in [5.74, 6) is 0.313. The number of thiophene rings is 1. The van der Waals surface area contributed by atoms with E-state index in [-0.39, 0.29) is 11.4 Å². The van der Waals surface area contributed by atoms with Crippen LogP contribution in [-0.4, -0.2) is 13.4 Å². The standard InChI is InChI=1S/C12H15N3O2S2/c1-8-7-18-10(6-13)12(8)19(16,17)15-11-5-3-4-9(2)14-11/h3-5,7H,6,13H2,1-2H3,(H,14,15). The van der Waals surface area contributed by atoms with E-state index in [1.807, 2.05) is 0 Å². The van der Waals surface area contributed by atoms with E-state index in [0.29, 0.717) is 16.3 Å². The molecule has 2 aromatic heterocycles. The number of anilines is 1. The number of nitrogens with one attached hydrogen (secondary N) is 1. The summed E-state index contributed by atoms with van der Waals surface area (Å²) in [7, 11) is -3.64. The minimum absolute atomic E-state index is 0.204. The number of aromatic nitrogens is 1. The lowest BCUT2D eigenvalue weighted by molar-refractivity contribution is 0.600. The fourth-order valence-electron chi connectivity index (χ4n) is 1.78. The minimum atomic E-state index is -3.64. The molecule has 0 aromatic carbocycles. The predicted octanol–water partition coefficient (Wildman–Crippen LogP) is 2.02. The zero-order chi connectivity index (χ0) is 14.0. The van der Waals surface area contributed by atoms with Crippen molar-refractivity contribution < 1.29 is 8.42 Å². The molecule has 5 nitrogen and oxygen atoms in total. The molecule has 2 aromatic rings. The molecule has 3 N–H and O–H groups in total. The second kappa shape index (κ2) is 5.28. The molecule has 2 rings (SSSR count). The van der Waals surface area contributed by atoms with Gasteiger partial charge in [0, 0.05) is 17.1 Å². The topological polar surface area (TPSA) is 85.1 Å². The molecule has 2 heterocycles. The molecule has 0 spiro atoms. The number of sulfonamides is 1. The first-order valence-corrected chi connectivity index (χ1v) is 8.04. The number of rotatable bonds is 4. The third kappa shape index (κ3) is 2.94. The van der Waals surface area contributed by atoms with Crippen molar-refractivity contribution in [2.75, 3.05) is 4.72 Å². The van der Waals surface area contributed by atoms with Gasteiger partial charge in [0.25, 0.3) is 10.0 Å². The van der Waals surface area contributed by atoms with Crippen molar-refractivity contribution in [3.63, 3.8) is 0 Å². The van der Waals surface area contributed by atoms with Gasteiger partial charge in [-0.1, -0.05) is 6.07 Å². The largest absolute Gasteiger partial charge is 0.326 e. The highest BCUT2D eigenvalue weighted by Gasteiger charge is 2.22. The van der Waals surface area contributed by atoms with E-state index in [0.717, 1.165) is 5.69 Å². The third-order valence-electron chi connectivity index (χ3n) is 2.57. The van der Waals surface area contributed by atoms with Crippen LogP contribution in [0, 0.1) is 13.8 Å².